The van der Waals surface area contributed by atoms with Crippen molar-refractivity contribution in [1.82, 2.24) is 14.9 Å². The summed E-state index contributed by atoms with van der Waals surface area (Å²) in [4.78, 5) is 25.5. The molecule has 0 aliphatic carbocycles. The van der Waals surface area contributed by atoms with E-state index in [1.165, 1.54) is 6.21 Å². The van der Waals surface area contributed by atoms with Crippen molar-refractivity contribution in [3.05, 3.63) is 46.8 Å². The van der Waals surface area contributed by atoms with Crippen molar-refractivity contribution in [3.8, 4) is 0 Å². The molecule has 0 saturated carbocycles. The number of aryl methyl sites for hydroxylation is 2. The SMILES string of the molecule is Cc1cc(C)c(NC/N=C\C=N)c(C(=O)N2CCC(F)(F)C2CNc2ncc(C(F)(F)F)cn2)c1. The lowest BCUT2D eigenvalue weighted by molar-refractivity contribution is -0.138. The summed E-state index contributed by atoms with van der Waals surface area (Å²) in [5, 5.41) is 12.5. The lowest BCUT2D eigenvalue weighted by Gasteiger charge is -2.29. The summed E-state index contributed by atoms with van der Waals surface area (Å²) >= 11 is 0. The van der Waals surface area contributed by atoms with Crippen molar-refractivity contribution in [3.63, 3.8) is 0 Å². The van der Waals surface area contributed by atoms with Crippen LogP contribution in [0.5, 0.6) is 0 Å². The molecule has 0 spiro atoms. The van der Waals surface area contributed by atoms with E-state index in [2.05, 4.69) is 25.6 Å². The summed E-state index contributed by atoms with van der Waals surface area (Å²) in [6, 6.07) is 1.86. The monoisotopic (exact) mass is 497 g/mol. The Hall–Kier alpha value is -3.64. The summed E-state index contributed by atoms with van der Waals surface area (Å²) in [6.45, 7) is 2.96. The van der Waals surface area contributed by atoms with Crippen molar-refractivity contribution in [1.29, 1.82) is 5.41 Å². The third-order valence-electron chi connectivity index (χ3n) is 5.48. The lowest BCUT2D eigenvalue weighted by atomic mass is 10.0. The van der Waals surface area contributed by atoms with E-state index in [9.17, 15) is 26.7 Å². The van der Waals surface area contributed by atoms with Crippen molar-refractivity contribution < 1.29 is 26.7 Å². The first kappa shape index (κ1) is 26.0. The molecule has 3 N–H and O–H groups in total. The molecule has 8 nitrogen and oxygen atoms in total. The van der Waals surface area contributed by atoms with Gasteiger partial charge in [0.05, 0.1) is 16.8 Å². The first-order valence-corrected chi connectivity index (χ1v) is 10.6. The summed E-state index contributed by atoms with van der Waals surface area (Å²) < 4.78 is 67.5. The number of aromatic nitrogens is 2. The van der Waals surface area contributed by atoms with Crippen LogP contribution in [0, 0.1) is 19.3 Å². The third kappa shape index (κ3) is 6.08. The molecular formula is C22H24F5N7O. The number of benzene rings is 1. The van der Waals surface area contributed by atoms with E-state index >= 15 is 0 Å². The van der Waals surface area contributed by atoms with Gasteiger partial charge in [-0.1, -0.05) is 6.07 Å². The minimum Gasteiger partial charge on any atom is -0.365 e. The van der Waals surface area contributed by atoms with Gasteiger partial charge in [0.15, 0.2) is 0 Å². The van der Waals surface area contributed by atoms with Gasteiger partial charge in [-0.15, -0.1) is 0 Å². The summed E-state index contributed by atoms with van der Waals surface area (Å²) in [5.41, 5.74) is 1.05. The predicted molar refractivity (Wildman–Crippen MR) is 122 cm³/mol. The van der Waals surface area contributed by atoms with E-state index in [0.29, 0.717) is 18.1 Å². The number of anilines is 2. The van der Waals surface area contributed by atoms with Crippen molar-refractivity contribution in [2.45, 2.75) is 38.4 Å². The van der Waals surface area contributed by atoms with Gasteiger partial charge in [0.25, 0.3) is 11.8 Å². The molecule has 188 valence electrons. The Morgan fingerprint density at radius 2 is 1.94 bits per heavy atom. The number of hydrogen-bond donors (Lipinski definition) is 3. The standard InChI is InChI=1S/C22H24F5N7O/c1-13-7-14(2)18(33-12-29-5-4-28)16(8-13)19(35)34-6-3-21(23,24)17(34)11-32-20-30-9-15(10-31-20)22(25,26)27/h4-5,7-10,17,28,33H,3,6,11-12H2,1-2H3,(H,30,31,32)/b28-4?,29-5-. The molecule has 1 aromatic heterocycles. The number of carbonyl (C=O) groups is 1. The minimum absolute atomic E-state index is 0.0754. The molecule has 1 saturated heterocycles. The zero-order valence-corrected chi connectivity index (χ0v) is 19.0. The smallest absolute Gasteiger partial charge is 0.365 e. The van der Waals surface area contributed by atoms with Crippen LogP contribution in [0.4, 0.5) is 33.6 Å². The second kappa shape index (κ2) is 10.3. The second-order valence-corrected chi connectivity index (χ2v) is 8.04. The maximum Gasteiger partial charge on any atom is 0.419 e. The average Bonchev–Trinajstić information content (AvgIpc) is 3.09. The second-order valence-electron chi connectivity index (χ2n) is 8.04. The lowest BCUT2D eigenvalue weighted by Crippen LogP contribution is -2.47. The summed E-state index contributed by atoms with van der Waals surface area (Å²) in [7, 11) is 0. The number of carbonyl (C=O) groups excluding carboxylic acids is 1. The molecule has 1 unspecified atom stereocenters. The molecule has 2 heterocycles. The Balaban J connectivity index is 1.82. The van der Waals surface area contributed by atoms with Gasteiger partial charge in [0.2, 0.25) is 5.95 Å². The zero-order chi connectivity index (χ0) is 25.8. The Labute approximate surface area is 198 Å². The van der Waals surface area contributed by atoms with Gasteiger partial charge in [-0.25, -0.2) is 18.7 Å². The number of halogens is 5. The van der Waals surface area contributed by atoms with Gasteiger partial charge in [-0.05, 0) is 31.0 Å². The Bertz CT molecular complexity index is 1100. The molecule has 0 radical (unpaired) electrons. The van der Waals surface area contributed by atoms with Crippen LogP contribution < -0.4 is 10.6 Å². The fourth-order valence-electron chi connectivity index (χ4n) is 3.83. The Kier molecular flexibility index (Phi) is 7.66. The quantitative estimate of drug-likeness (QED) is 0.375. The van der Waals surface area contributed by atoms with E-state index in [-0.39, 0.29) is 24.7 Å². The molecule has 13 heteroatoms. The summed E-state index contributed by atoms with van der Waals surface area (Å²) in [5.74, 6) is -4.10. The molecule has 1 aliphatic heterocycles. The molecular weight excluding hydrogens is 473 g/mol. The van der Waals surface area contributed by atoms with Crippen LogP contribution in [0.15, 0.2) is 29.5 Å². The molecule has 1 amide bonds. The van der Waals surface area contributed by atoms with Crippen LogP contribution in [-0.4, -0.2) is 64.9 Å². The van der Waals surface area contributed by atoms with E-state index in [1.54, 1.807) is 19.9 Å². The number of alkyl halides is 5. The largest absolute Gasteiger partial charge is 0.419 e. The molecule has 1 fully saturated rings. The van der Waals surface area contributed by atoms with Crippen LogP contribution in [0.2, 0.25) is 0 Å². The Morgan fingerprint density at radius 1 is 1.26 bits per heavy atom. The number of aliphatic imine (C=N–C) groups is 1. The third-order valence-corrected chi connectivity index (χ3v) is 5.48. The van der Waals surface area contributed by atoms with Crippen molar-refractivity contribution in [2.24, 2.45) is 4.99 Å². The first-order chi connectivity index (χ1) is 16.4. The Morgan fingerprint density at radius 3 is 2.57 bits per heavy atom. The molecule has 2 aromatic rings. The normalized spacial score (nSPS) is 17.6. The van der Waals surface area contributed by atoms with Crippen molar-refractivity contribution >= 4 is 30.0 Å². The fourth-order valence-corrected chi connectivity index (χ4v) is 3.83. The van der Waals surface area contributed by atoms with Crippen LogP contribution >= 0.6 is 0 Å². The fraction of sp³-hybridized carbons (Fsp3) is 0.409. The van der Waals surface area contributed by atoms with Gasteiger partial charge in [0, 0.05) is 44.3 Å². The average molecular weight is 497 g/mol. The van der Waals surface area contributed by atoms with E-state index < -0.39 is 42.6 Å². The van der Waals surface area contributed by atoms with Gasteiger partial charge in [0.1, 0.15) is 12.7 Å². The highest BCUT2D eigenvalue weighted by atomic mass is 19.4. The highest BCUT2D eigenvalue weighted by Gasteiger charge is 2.51. The van der Waals surface area contributed by atoms with E-state index in [1.807, 2.05) is 6.07 Å². The first-order valence-electron chi connectivity index (χ1n) is 10.6. The maximum absolute atomic E-state index is 14.7. The number of likely N-dealkylation sites (tertiary alicyclic amines) is 1. The van der Waals surface area contributed by atoms with Crippen LogP contribution in [-0.2, 0) is 6.18 Å². The minimum atomic E-state index is -4.62. The zero-order valence-electron chi connectivity index (χ0n) is 19.0. The molecule has 3 rings (SSSR count). The topological polar surface area (TPSA) is 106 Å². The molecule has 1 aromatic carbocycles. The predicted octanol–water partition coefficient (Wildman–Crippen LogP) is 4.16. The number of hydrogen-bond acceptors (Lipinski definition) is 7. The molecule has 0 bridgehead atoms. The van der Waals surface area contributed by atoms with Gasteiger partial charge in [-0.2, -0.15) is 13.2 Å². The highest BCUT2D eigenvalue weighted by molar-refractivity contribution is 6.14. The van der Waals surface area contributed by atoms with E-state index in [0.717, 1.165) is 22.2 Å². The number of nitrogens with zero attached hydrogens (tertiary/aromatic N) is 4. The molecule has 1 atom stereocenters. The van der Waals surface area contributed by atoms with E-state index in [4.69, 9.17) is 5.41 Å². The highest BCUT2D eigenvalue weighted by Crippen LogP contribution is 2.36. The molecule has 35 heavy (non-hydrogen) atoms. The van der Waals surface area contributed by atoms with Crippen LogP contribution in [0.1, 0.15) is 33.5 Å². The van der Waals surface area contributed by atoms with Crippen LogP contribution in [0.25, 0.3) is 0 Å². The number of amides is 1. The number of rotatable bonds is 8. The van der Waals surface area contributed by atoms with Crippen molar-refractivity contribution in [2.75, 3.05) is 30.4 Å². The molecule has 1 aliphatic rings. The maximum atomic E-state index is 14.7. The number of nitrogens with one attached hydrogen (secondary N) is 3. The van der Waals surface area contributed by atoms with Gasteiger partial charge < -0.3 is 20.9 Å². The summed E-state index contributed by atoms with van der Waals surface area (Å²) in [6.07, 6.45) is -1.80. The van der Waals surface area contributed by atoms with Gasteiger partial charge in [-0.3, -0.25) is 9.79 Å². The van der Waals surface area contributed by atoms with Crippen LogP contribution in [0.3, 0.4) is 0 Å². The van der Waals surface area contributed by atoms with Gasteiger partial charge >= 0.3 is 6.18 Å².